The topological polar surface area (TPSA) is 81.5 Å². The molecule has 0 aromatic heterocycles. The van der Waals surface area contributed by atoms with E-state index in [1.807, 2.05) is 13.8 Å². The predicted molar refractivity (Wildman–Crippen MR) is 76.4 cm³/mol. The molecule has 1 atom stereocenters. The highest BCUT2D eigenvalue weighted by Crippen LogP contribution is 2.40. The smallest absolute Gasteiger partial charge is 0.407 e. The van der Waals surface area contributed by atoms with Crippen molar-refractivity contribution in [1.29, 1.82) is 0 Å². The molecule has 0 bridgehead atoms. The Morgan fingerprint density at radius 2 is 2.15 bits per heavy atom. The number of alkyl carbamates (subject to hydrolysis) is 1. The fraction of sp³-hybridized carbons (Fsp3) is 0.417. The van der Waals surface area contributed by atoms with Gasteiger partial charge in [0.25, 0.3) is 5.69 Å². The molecular formula is C12H14Cl2N2O4. The van der Waals surface area contributed by atoms with Gasteiger partial charge in [-0.05, 0) is 12.1 Å². The minimum Gasteiger partial charge on any atom is -0.449 e. The van der Waals surface area contributed by atoms with Crippen LogP contribution in [0.15, 0.2) is 18.2 Å². The fourth-order valence-corrected chi connectivity index (χ4v) is 2.29. The number of carbonyl (C=O) groups excluding carboxylic acids is 1. The lowest BCUT2D eigenvalue weighted by Crippen LogP contribution is -2.47. The Bertz CT molecular complexity index is 548. The fourth-order valence-electron chi connectivity index (χ4n) is 2.11. The van der Waals surface area contributed by atoms with E-state index in [1.54, 1.807) is 0 Å². The summed E-state index contributed by atoms with van der Waals surface area (Å²) in [6.45, 7) is 3.91. The number of carbonyl (C=O) groups is 1. The molecular weight excluding hydrogens is 307 g/mol. The van der Waals surface area contributed by atoms with Crippen molar-refractivity contribution in [1.82, 2.24) is 5.32 Å². The summed E-state index contributed by atoms with van der Waals surface area (Å²) >= 11 is 5.90. The molecule has 0 saturated carbocycles. The van der Waals surface area contributed by atoms with Crippen LogP contribution in [0, 0.1) is 15.5 Å². The summed E-state index contributed by atoms with van der Waals surface area (Å²) in [5, 5.41) is 14.1. The van der Waals surface area contributed by atoms with Crippen molar-refractivity contribution in [2.24, 2.45) is 5.41 Å². The Hall–Kier alpha value is -1.53. The van der Waals surface area contributed by atoms with Gasteiger partial charge in [-0.15, -0.1) is 12.4 Å². The van der Waals surface area contributed by atoms with E-state index in [-0.39, 0.29) is 24.7 Å². The predicted octanol–water partition coefficient (Wildman–Crippen LogP) is 3.48. The van der Waals surface area contributed by atoms with Gasteiger partial charge in [0.05, 0.1) is 16.5 Å². The molecule has 1 aliphatic rings. The third-order valence-electron chi connectivity index (χ3n) is 3.12. The van der Waals surface area contributed by atoms with E-state index >= 15 is 0 Å². The highest BCUT2D eigenvalue weighted by Gasteiger charge is 2.41. The number of ether oxygens (including phenoxy) is 1. The van der Waals surface area contributed by atoms with Gasteiger partial charge in [-0.25, -0.2) is 4.79 Å². The summed E-state index contributed by atoms with van der Waals surface area (Å²) in [6.07, 6.45) is -0.585. The van der Waals surface area contributed by atoms with Crippen LogP contribution in [-0.4, -0.2) is 17.6 Å². The Morgan fingerprint density at radius 3 is 2.75 bits per heavy atom. The average Bonchev–Trinajstić information content (AvgIpc) is 2.32. The van der Waals surface area contributed by atoms with Crippen LogP contribution in [0.5, 0.6) is 0 Å². The first kappa shape index (κ1) is 16.5. The summed E-state index contributed by atoms with van der Waals surface area (Å²) in [5.41, 5.74) is -0.146. The maximum atomic E-state index is 11.4. The first-order chi connectivity index (χ1) is 8.81. The highest BCUT2D eigenvalue weighted by molar-refractivity contribution is 6.30. The van der Waals surface area contributed by atoms with Crippen LogP contribution < -0.4 is 5.32 Å². The van der Waals surface area contributed by atoms with Crippen molar-refractivity contribution in [3.8, 4) is 0 Å². The van der Waals surface area contributed by atoms with Crippen LogP contribution in [0.1, 0.15) is 25.5 Å². The molecule has 2 rings (SSSR count). The molecule has 0 spiro atoms. The lowest BCUT2D eigenvalue weighted by Gasteiger charge is -2.38. The first-order valence-corrected chi connectivity index (χ1v) is 6.06. The first-order valence-electron chi connectivity index (χ1n) is 5.68. The number of nitrogens with one attached hydrogen (secondary N) is 1. The largest absolute Gasteiger partial charge is 0.449 e. The third-order valence-corrected chi connectivity index (χ3v) is 3.35. The van der Waals surface area contributed by atoms with E-state index in [4.69, 9.17) is 16.3 Å². The van der Waals surface area contributed by atoms with Crippen LogP contribution in [0.25, 0.3) is 0 Å². The van der Waals surface area contributed by atoms with E-state index in [1.165, 1.54) is 18.2 Å². The van der Waals surface area contributed by atoms with Gasteiger partial charge in [0.2, 0.25) is 0 Å². The van der Waals surface area contributed by atoms with Gasteiger partial charge in [0.1, 0.15) is 6.61 Å². The summed E-state index contributed by atoms with van der Waals surface area (Å²) in [5.74, 6) is 0. The summed E-state index contributed by atoms with van der Waals surface area (Å²) < 4.78 is 4.92. The molecule has 0 aliphatic carbocycles. The minimum atomic E-state index is -0.585. The van der Waals surface area contributed by atoms with Crippen LogP contribution in [0.4, 0.5) is 10.5 Å². The number of nitrogens with zero attached hydrogens (tertiary/aromatic N) is 1. The number of cyclic esters (lactones) is 1. The van der Waals surface area contributed by atoms with Crippen molar-refractivity contribution >= 4 is 35.8 Å². The number of hydrogen-bond acceptors (Lipinski definition) is 4. The number of hydrogen-bond donors (Lipinski definition) is 1. The average molecular weight is 321 g/mol. The summed E-state index contributed by atoms with van der Waals surface area (Å²) in [7, 11) is 0. The number of benzene rings is 1. The number of amides is 1. The van der Waals surface area contributed by atoms with E-state index in [0.29, 0.717) is 10.6 Å². The van der Waals surface area contributed by atoms with Crippen LogP contribution >= 0.6 is 24.0 Å². The van der Waals surface area contributed by atoms with E-state index in [0.717, 1.165) is 0 Å². The molecule has 1 aliphatic heterocycles. The number of halogens is 2. The zero-order valence-corrected chi connectivity index (χ0v) is 12.5. The zero-order chi connectivity index (χ0) is 14.2. The second-order valence-corrected chi connectivity index (χ2v) is 5.54. The second kappa shape index (κ2) is 5.85. The van der Waals surface area contributed by atoms with Gasteiger partial charge >= 0.3 is 6.09 Å². The normalized spacial score (nSPS) is 20.4. The van der Waals surface area contributed by atoms with Crippen LogP contribution in [0.2, 0.25) is 5.02 Å². The van der Waals surface area contributed by atoms with E-state index in [2.05, 4.69) is 5.32 Å². The molecule has 1 aromatic rings. The molecule has 1 aromatic carbocycles. The van der Waals surface area contributed by atoms with Crippen molar-refractivity contribution in [3.63, 3.8) is 0 Å². The van der Waals surface area contributed by atoms with Crippen molar-refractivity contribution < 1.29 is 14.5 Å². The van der Waals surface area contributed by atoms with E-state index in [9.17, 15) is 14.9 Å². The van der Waals surface area contributed by atoms with Crippen molar-refractivity contribution in [3.05, 3.63) is 38.9 Å². The SMILES string of the molecule is CC1(C)COC(=O)N[C@@H]1c1cc(Cl)ccc1[N+](=O)[O-].Cl. The molecule has 1 N–H and O–H groups in total. The van der Waals surface area contributed by atoms with Gasteiger partial charge in [0.15, 0.2) is 0 Å². The van der Waals surface area contributed by atoms with Gasteiger partial charge in [-0.1, -0.05) is 25.4 Å². The standard InChI is InChI=1S/C12H13ClN2O4.ClH/c1-12(2)6-19-11(16)14-10(12)8-5-7(13)3-4-9(8)15(17)18;/h3-5,10H,6H2,1-2H3,(H,14,16);1H/t10-;/m1./s1. The zero-order valence-electron chi connectivity index (χ0n) is 10.9. The summed E-state index contributed by atoms with van der Waals surface area (Å²) in [6, 6.07) is 3.79. The summed E-state index contributed by atoms with van der Waals surface area (Å²) in [4.78, 5) is 22.0. The van der Waals surface area contributed by atoms with E-state index < -0.39 is 22.5 Å². The Labute approximate surface area is 127 Å². The van der Waals surface area contributed by atoms with Crippen molar-refractivity contribution in [2.45, 2.75) is 19.9 Å². The molecule has 6 nitrogen and oxygen atoms in total. The minimum absolute atomic E-state index is 0. The lowest BCUT2D eigenvalue weighted by molar-refractivity contribution is -0.386. The molecule has 1 fully saturated rings. The van der Waals surface area contributed by atoms with Crippen molar-refractivity contribution in [2.75, 3.05) is 6.61 Å². The molecule has 1 heterocycles. The lowest BCUT2D eigenvalue weighted by atomic mass is 9.80. The maximum Gasteiger partial charge on any atom is 0.407 e. The molecule has 1 saturated heterocycles. The number of rotatable bonds is 2. The quantitative estimate of drug-likeness (QED) is 0.668. The maximum absolute atomic E-state index is 11.4. The molecule has 20 heavy (non-hydrogen) atoms. The molecule has 1 amide bonds. The molecule has 110 valence electrons. The van der Waals surface area contributed by atoms with Gasteiger partial charge < -0.3 is 10.1 Å². The number of nitro benzene ring substituents is 1. The molecule has 0 radical (unpaired) electrons. The second-order valence-electron chi connectivity index (χ2n) is 5.10. The van der Waals surface area contributed by atoms with Crippen LogP contribution in [0.3, 0.4) is 0 Å². The molecule has 0 unspecified atom stereocenters. The highest BCUT2D eigenvalue weighted by atomic mass is 35.5. The van der Waals surface area contributed by atoms with Gasteiger partial charge in [0, 0.05) is 16.5 Å². The number of nitro groups is 1. The Morgan fingerprint density at radius 1 is 1.50 bits per heavy atom. The van der Waals surface area contributed by atoms with Gasteiger partial charge in [-0.2, -0.15) is 0 Å². The Balaban J connectivity index is 0.00000200. The monoisotopic (exact) mass is 320 g/mol. The van der Waals surface area contributed by atoms with Crippen LogP contribution in [-0.2, 0) is 4.74 Å². The van der Waals surface area contributed by atoms with Gasteiger partial charge in [-0.3, -0.25) is 10.1 Å². The third kappa shape index (κ3) is 3.13. The molecule has 8 heteroatoms. The Kier molecular flexibility index (Phi) is 4.83.